The molecule has 0 amide bonds. The van der Waals surface area contributed by atoms with Crippen molar-refractivity contribution in [3.05, 3.63) is 23.2 Å². The van der Waals surface area contributed by atoms with Crippen LogP contribution in [0.2, 0.25) is 30.8 Å². The van der Waals surface area contributed by atoms with Crippen molar-refractivity contribution in [1.29, 1.82) is 0 Å². The number of aryl methyl sites for hydroxylation is 1. The number of aromatic nitrogens is 3. The Morgan fingerprint density at radius 2 is 2.05 bits per heavy atom. The molecule has 0 atom stereocenters. The second kappa shape index (κ2) is 5.61. The van der Waals surface area contributed by atoms with Gasteiger partial charge in [0.05, 0.1) is 5.39 Å². The Hall–Kier alpha value is -0.913. The highest BCUT2D eigenvalue weighted by Gasteiger charge is 2.12. The summed E-state index contributed by atoms with van der Waals surface area (Å²) in [7, 11) is -1.03. The van der Waals surface area contributed by atoms with Gasteiger partial charge in [0, 0.05) is 20.9 Å². The van der Waals surface area contributed by atoms with Crippen LogP contribution in [0.25, 0.3) is 11.0 Å². The SMILES string of the molecule is Cc1nc(Cl)c2ccn(COCC[Si](C)(C)C)c2n1. The molecule has 0 saturated carbocycles. The molecule has 2 heterocycles. The number of halogens is 1. The maximum absolute atomic E-state index is 6.10. The monoisotopic (exact) mass is 297 g/mol. The van der Waals surface area contributed by atoms with Gasteiger partial charge in [0.1, 0.15) is 23.4 Å². The van der Waals surface area contributed by atoms with Crippen LogP contribution in [0.15, 0.2) is 12.3 Å². The van der Waals surface area contributed by atoms with Crippen LogP contribution in [-0.2, 0) is 11.5 Å². The third-order valence-corrected chi connectivity index (χ3v) is 4.90. The molecule has 0 aromatic carbocycles. The van der Waals surface area contributed by atoms with E-state index in [-0.39, 0.29) is 0 Å². The lowest BCUT2D eigenvalue weighted by Gasteiger charge is -2.15. The molecule has 0 aliphatic carbocycles. The summed E-state index contributed by atoms with van der Waals surface area (Å²) in [6.45, 7) is 10.2. The predicted octanol–water partition coefficient (Wildman–Crippen LogP) is 3.71. The van der Waals surface area contributed by atoms with E-state index in [9.17, 15) is 0 Å². The molecule has 0 aliphatic rings. The van der Waals surface area contributed by atoms with Gasteiger partial charge in [0.15, 0.2) is 0 Å². The van der Waals surface area contributed by atoms with Crippen LogP contribution in [0, 0.1) is 6.92 Å². The molecule has 104 valence electrons. The summed E-state index contributed by atoms with van der Waals surface area (Å²) in [5.41, 5.74) is 0.838. The third kappa shape index (κ3) is 3.78. The Balaban J connectivity index is 2.05. The van der Waals surface area contributed by atoms with Gasteiger partial charge in [-0.2, -0.15) is 0 Å². The third-order valence-electron chi connectivity index (χ3n) is 2.91. The Morgan fingerprint density at radius 1 is 1.32 bits per heavy atom. The van der Waals surface area contributed by atoms with Crippen molar-refractivity contribution in [2.24, 2.45) is 0 Å². The van der Waals surface area contributed by atoms with Gasteiger partial charge in [0.25, 0.3) is 0 Å². The predicted molar refractivity (Wildman–Crippen MR) is 81.4 cm³/mol. The molecule has 0 radical (unpaired) electrons. The highest BCUT2D eigenvalue weighted by molar-refractivity contribution is 6.76. The van der Waals surface area contributed by atoms with Crippen molar-refractivity contribution in [3.63, 3.8) is 0 Å². The second-order valence-corrected chi connectivity index (χ2v) is 11.9. The second-order valence-electron chi connectivity index (χ2n) is 5.93. The van der Waals surface area contributed by atoms with Gasteiger partial charge < -0.3 is 9.30 Å². The highest BCUT2D eigenvalue weighted by Crippen LogP contribution is 2.21. The maximum Gasteiger partial charge on any atom is 0.147 e. The van der Waals surface area contributed by atoms with E-state index in [4.69, 9.17) is 16.3 Å². The van der Waals surface area contributed by atoms with Crippen molar-refractivity contribution in [2.45, 2.75) is 39.3 Å². The van der Waals surface area contributed by atoms with Crippen molar-refractivity contribution >= 4 is 30.7 Å². The van der Waals surface area contributed by atoms with Gasteiger partial charge in [-0.3, -0.25) is 0 Å². The van der Waals surface area contributed by atoms with Gasteiger partial charge in [-0.05, 0) is 19.0 Å². The van der Waals surface area contributed by atoms with Crippen molar-refractivity contribution in [1.82, 2.24) is 14.5 Å². The van der Waals surface area contributed by atoms with E-state index in [0.29, 0.717) is 17.7 Å². The van der Waals surface area contributed by atoms with Crippen LogP contribution in [0.4, 0.5) is 0 Å². The number of fused-ring (bicyclic) bond motifs is 1. The van der Waals surface area contributed by atoms with Crippen LogP contribution in [0.5, 0.6) is 0 Å². The zero-order valence-corrected chi connectivity index (χ0v) is 13.7. The Kier molecular flexibility index (Phi) is 4.28. The zero-order valence-electron chi connectivity index (χ0n) is 11.9. The van der Waals surface area contributed by atoms with Crippen LogP contribution in [-0.4, -0.2) is 29.2 Å². The summed E-state index contributed by atoms with van der Waals surface area (Å²) in [6, 6.07) is 3.10. The van der Waals surface area contributed by atoms with Crippen molar-refractivity contribution in [3.8, 4) is 0 Å². The molecule has 0 bridgehead atoms. The molecule has 6 heteroatoms. The van der Waals surface area contributed by atoms with Crippen LogP contribution < -0.4 is 0 Å². The normalized spacial score (nSPS) is 12.3. The molecule has 2 rings (SSSR count). The lowest BCUT2D eigenvalue weighted by Crippen LogP contribution is -2.22. The first-order valence-electron chi connectivity index (χ1n) is 6.43. The van der Waals surface area contributed by atoms with Gasteiger partial charge >= 0.3 is 0 Å². The van der Waals surface area contributed by atoms with E-state index in [1.54, 1.807) is 0 Å². The Labute approximate surface area is 119 Å². The molecule has 0 aliphatic heterocycles. The van der Waals surface area contributed by atoms with Crippen molar-refractivity contribution in [2.75, 3.05) is 6.61 Å². The van der Waals surface area contributed by atoms with Crippen LogP contribution in [0.3, 0.4) is 0 Å². The number of ether oxygens (including phenoxy) is 1. The van der Waals surface area contributed by atoms with Gasteiger partial charge in [-0.25, -0.2) is 9.97 Å². The number of nitrogens with zero attached hydrogens (tertiary/aromatic N) is 3. The van der Waals surface area contributed by atoms with E-state index in [1.165, 1.54) is 6.04 Å². The fraction of sp³-hybridized carbons (Fsp3) is 0.538. The minimum Gasteiger partial charge on any atom is -0.361 e. The number of hydrogen-bond acceptors (Lipinski definition) is 3. The molecule has 0 saturated heterocycles. The average molecular weight is 298 g/mol. The standard InChI is InChI=1S/C13H20ClN3OSi/c1-10-15-12(14)11-5-6-17(13(11)16-10)9-18-7-8-19(2,3)4/h5-6H,7-9H2,1-4H3. The highest BCUT2D eigenvalue weighted by atomic mass is 35.5. The molecule has 0 spiro atoms. The summed E-state index contributed by atoms with van der Waals surface area (Å²) < 4.78 is 7.71. The molecular weight excluding hydrogens is 278 g/mol. The lowest BCUT2D eigenvalue weighted by molar-refractivity contribution is 0.0898. The molecule has 19 heavy (non-hydrogen) atoms. The quantitative estimate of drug-likeness (QED) is 0.480. The molecule has 2 aromatic heterocycles. The summed E-state index contributed by atoms with van der Waals surface area (Å²) in [5, 5.41) is 1.38. The average Bonchev–Trinajstić information content (AvgIpc) is 2.66. The first-order valence-corrected chi connectivity index (χ1v) is 10.5. The topological polar surface area (TPSA) is 39.9 Å². The Bertz CT molecular complexity index is 577. The first-order chi connectivity index (χ1) is 8.87. The summed E-state index contributed by atoms with van der Waals surface area (Å²) in [6.07, 6.45) is 1.94. The summed E-state index contributed by atoms with van der Waals surface area (Å²) in [5.74, 6) is 0.680. The minimum atomic E-state index is -1.03. The molecule has 4 nitrogen and oxygen atoms in total. The van der Waals surface area contributed by atoms with E-state index < -0.39 is 8.07 Å². The van der Waals surface area contributed by atoms with Crippen LogP contribution >= 0.6 is 11.6 Å². The van der Waals surface area contributed by atoms with E-state index in [1.807, 2.05) is 23.8 Å². The van der Waals surface area contributed by atoms with Gasteiger partial charge in [0.2, 0.25) is 0 Å². The molecule has 0 fully saturated rings. The fourth-order valence-corrected chi connectivity index (χ4v) is 2.80. The molecule has 0 N–H and O–H groups in total. The zero-order chi connectivity index (χ0) is 14.0. The largest absolute Gasteiger partial charge is 0.361 e. The van der Waals surface area contributed by atoms with E-state index in [0.717, 1.165) is 17.6 Å². The van der Waals surface area contributed by atoms with Crippen LogP contribution in [0.1, 0.15) is 5.82 Å². The summed E-state index contributed by atoms with van der Waals surface area (Å²) >= 11 is 6.10. The van der Waals surface area contributed by atoms with Gasteiger partial charge in [-0.1, -0.05) is 31.2 Å². The number of rotatable bonds is 5. The fourth-order valence-electron chi connectivity index (χ4n) is 1.78. The molecule has 2 aromatic rings. The van der Waals surface area contributed by atoms with E-state index in [2.05, 4.69) is 29.6 Å². The van der Waals surface area contributed by atoms with E-state index >= 15 is 0 Å². The molecule has 0 unspecified atom stereocenters. The Morgan fingerprint density at radius 3 is 2.74 bits per heavy atom. The number of hydrogen-bond donors (Lipinski definition) is 0. The smallest absolute Gasteiger partial charge is 0.147 e. The molecular formula is C13H20ClN3OSi. The maximum atomic E-state index is 6.10. The minimum absolute atomic E-state index is 0.503. The van der Waals surface area contributed by atoms with Crippen molar-refractivity contribution < 1.29 is 4.74 Å². The first kappa shape index (κ1) is 14.5. The lowest BCUT2D eigenvalue weighted by atomic mass is 10.4. The summed E-state index contributed by atoms with van der Waals surface area (Å²) in [4.78, 5) is 8.57. The van der Waals surface area contributed by atoms with Gasteiger partial charge in [-0.15, -0.1) is 0 Å².